The lowest BCUT2D eigenvalue weighted by Gasteiger charge is -2.28. The summed E-state index contributed by atoms with van der Waals surface area (Å²) >= 11 is 0. The maximum absolute atomic E-state index is 13.3. The minimum Gasteiger partial charge on any atom is -0.333 e. The van der Waals surface area contributed by atoms with E-state index in [-0.39, 0.29) is 11.7 Å². The Balaban J connectivity index is 1.67. The number of hydrogen-bond donors (Lipinski definition) is 0. The van der Waals surface area contributed by atoms with Gasteiger partial charge in [0.2, 0.25) is 0 Å². The lowest BCUT2D eigenvalue weighted by molar-refractivity contribution is 0.0749. The number of benzene rings is 2. The molecule has 0 N–H and O–H groups in total. The van der Waals surface area contributed by atoms with Crippen molar-refractivity contribution >= 4 is 5.91 Å². The molecule has 0 aliphatic carbocycles. The lowest BCUT2D eigenvalue weighted by atomic mass is 10.0. The summed E-state index contributed by atoms with van der Waals surface area (Å²) in [5.41, 5.74) is 4.94. The summed E-state index contributed by atoms with van der Waals surface area (Å²) in [4.78, 5) is 17.3. The number of carbonyl (C=O) groups is 1. The molecule has 0 unspecified atom stereocenters. The van der Waals surface area contributed by atoms with Crippen LogP contribution in [0.1, 0.15) is 47.6 Å². The Labute approximate surface area is 183 Å². The normalized spacial score (nSPS) is 13.8. The summed E-state index contributed by atoms with van der Waals surface area (Å²) in [5.74, 6) is -0.446. The number of fused-ring (bicyclic) bond motifs is 1. The standard InChI is InChI=1S/C25H29FN4O/c1-3-15-28-16-14-24-22(17-28)23(27-30(24)21-8-6-5-7-9-21)18-29(4-2)25(31)19-10-12-20(26)13-11-19/h5-13H,3-4,14-18H2,1-2H3. The highest BCUT2D eigenvalue weighted by Crippen LogP contribution is 2.27. The molecule has 0 saturated heterocycles. The predicted molar refractivity (Wildman–Crippen MR) is 120 cm³/mol. The van der Waals surface area contributed by atoms with E-state index in [0.717, 1.165) is 43.9 Å². The summed E-state index contributed by atoms with van der Waals surface area (Å²) in [6, 6.07) is 15.9. The molecule has 162 valence electrons. The number of aromatic nitrogens is 2. The van der Waals surface area contributed by atoms with Gasteiger partial charge in [0.1, 0.15) is 5.82 Å². The summed E-state index contributed by atoms with van der Waals surface area (Å²) in [7, 11) is 0. The average molecular weight is 421 g/mol. The van der Waals surface area contributed by atoms with Gasteiger partial charge in [0.05, 0.1) is 23.6 Å². The topological polar surface area (TPSA) is 41.4 Å². The van der Waals surface area contributed by atoms with Crippen molar-refractivity contribution in [3.05, 3.63) is 82.9 Å². The van der Waals surface area contributed by atoms with Crippen LogP contribution in [-0.4, -0.2) is 45.1 Å². The molecular weight excluding hydrogens is 391 g/mol. The van der Waals surface area contributed by atoms with Crippen LogP contribution >= 0.6 is 0 Å². The summed E-state index contributed by atoms with van der Waals surface area (Å²) in [5, 5.41) is 4.97. The van der Waals surface area contributed by atoms with E-state index in [0.29, 0.717) is 18.7 Å². The number of para-hydroxylation sites is 1. The third kappa shape index (κ3) is 4.54. The molecule has 0 spiro atoms. The second-order valence-electron chi connectivity index (χ2n) is 7.97. The Morgan fingerprint density at radius 1 is 1.10 bits per heavy atom. The fourth-order valence-corrected chi connectivity index (χ4v) is 4.24. The Hall–Kier alpha value is -2.99. The van der Waals surface area contributed by atoms with E-state index in [1.54, 1.807) is 17.0 Å². The van der Waals surface area contributed by atoms with Crippen LogP contribution in [0.5, 0.6) is 0 Å². The first-order chi connectivity index (χ1) is 15.1. The SMILES string of the molecule is CCCN1CCc2c(c(CN(CC)C(=O)c3ccc(F)cc3)nn2-c2ccccc2)C1. The number of rotatable bonds is 7. The van der Waals surface area contributed by atoms with Gasteiger partial charge in [0, 0.05) is 37.2 Å². The van der Waals surface area contributed by atoms with Gasteiger partial charge in [0.15, 0.2) is 0 Å². The van der Waals surface area contributed by atoms with Crippen LogP contribution < -0.4 is 0 Å². The highest BCUT2D eigenvalue weighted by Gasteiger charge is 2.27. The highest BCUT2D eigenvalue weighted by atomic mass is 19.1. The molecule has 6 heteroatoms. The van der Waals surface area contributed by atoms with Crippen LogP contribution in [0, 0.1) is 5.82 Å². The zero-order chi connectivity index (χ0) is 21.8. The highest BCUT2D eigenvalue weighted by molar-refractivity contribution is 5.94. The molecule has 0 fully saturated rings. The van der Waals surface area contributed by atoms with Crippen molar-refractivity contribution in [2.24, 2.45) is 0 Å². The Kier molecular flexibility index (Phi) is 6.47. The second kappa shape index (κ2) is 9.43. The molecule has 0 atom stereocenters. The first-order valence-electron chi connectivity index (χ1n) is 11.0. The largest absolute Gasteiger partial charge is 0.333 e. The van der Waals surface area contributed by atoms with Crippen molar-refractivity contribution in [1.82, 2.24) is 19.6 Å². The van der Waals surface area contributed by atoms with Crippen molar-refractivity contribution in [3.8, 4) is 5.69 Å². The fraction of sp³-hybridized carbons (Fsp3) is 0.360. The van der Waals surface area contributed by atoms with E-state index < -0.39 is 0 Å². The summed E-state index contributed by atoms with van der Waals surface area (Å²) < 4.78 is 15.3. The van der Waals surface area contributed by atoms with Crippen LogP contribution in [0.4, 0.5) is 4.39 Å². The first kappa shape index (κ1) is 21.2. The number of nitrogens with zero attached hydrogens (tertiary/aromatic N) is 4. The molecule has 1 aliphatic heterocycles. The molecule has 5 nitrogen and oxygen atoms in total. The number of carbonyl (C=O) groups excluding carboxylic acids is 1. The van der Waals surface area contributed by atoms with E-state index in [4.69, 9.17) is 5.10 Å². The minimum atomic E-state index is -0.341. The monoisotopic (exact) mass is 420 g/mol. The molecule has 31 heavy (non-hydrogen) atoms. The molecule has 1 amide bonds. The maximum Gasteiger partial charge on any atom is 0.254 e. The molecule has 0 bridgehead atoms. The van der Waals surface area contributed by atoms with Crippen molar-refractivity contribution in [3.63, 3.8) is 0 Å². The molecule has 0 radical (unpaired) electrons. The van der Waals surface area contributed by atoms with Crippen LogP contribution in [0.2, 0.25) is 0 Å². The molecule has 4 rings (SSSR count). The van der Waals surface area contributed by atoms with Crippen molar-refractivity contribution < 1.29 is 9.18 Å². The smallest absolute Gasteiger partial charge is 0.254 e. The van der Waals surface area contributed by atoms with Gasteiger partial charge in [-0.15, -0.1) is 0 Å². The Bertz CT molecular complexity index is 1030. The van der Waals surface area contributed by atoms with Gasteiger partial charge in [-0.2, -0.15) is 5.10 Å². The van der Waals surface area contributed by atoms with Gasteiger partial charge in [-0.05, 0) is 56.3 Å². The van der Waals surface area contributed by atoms with Crippen LogP contribution in [0.3, 0.4) is 0 Å². The van der Waals surface area contributed by atoms with Crippen LogP contribution in [0.15, 0.2) is 54.6 Å². The Morgan fingerprint density at radius 3 is 2.52 bits per heavy atom. The second-order valence-corrected chi connectivity index (χ2v) is 7.97. The van der Waals surface area contributed by atoms with Crippen LogP contribution in [-0.2, 0) is 19.5 Å². The maximum atomic E-state index is 13.3. The van der Waals surface area contributed by atoms with E-state index in [1.165, 1.54) is 23.4 Å². The van der Waals surface area contributed by atoms with Crippen molar-refractivity contribution in [1.29, 1.82) is 0 Å². The van der Waals surface area contributed by atoms with E-state index in [9.17, 15) is 9.18 Å². The van der Waals surface area contributed by atoms with E-state index in [1.807, 2.05) is 29.8 Å². The van der Waals surface area contributed by atoms with E-state index in [2.05, 4.69) is 24.0 Å². The van der Waals surface area contributed by atoms with E-state index >= 15 is 0 Å². The zero-order valence-corrected chi connectivity index (χ0v) is 18.2. The molecule has 3 aromatic rings. The average Bonchev–Trinajstić information content (AvgIpc) is 3.16. The van der Waals surface area contributed by atoms with Gasteiger partial charge < -0.3 is 4.90 Å². The van der Waals surface area contributed by atoms with Gasteiger partial charge in [-0.25, -0.2) is 9.07 Å². The molecular formula is C25H29FN4O. The predicted octanol–water partition coefficient (Wildman–Crippen LogP) is 4.44. The van der Waals surface area contributed by atoms with Crippen molar-refractivity contribution in [2.45, 2.75) is 39.8 Å². The minimum absolute atomic E-state index is 0.105. The first-order valence-corrected chi connectivity index (χ1v) is 11.0. The molecule has 2 aromatic carbocycles. The molecule has 1 aromatic heterocycles. The van der Waals surface area contributed by atoms with Gasteiger partial charge in [-0.1, -0.05) is 25.1 Å². The molecule has 2 heterocycles. The number of halogens is 1. The number of hydrogen-bond acceptors (Lipinski definition) is 3. The molecule has 1 aliphatic rings. The lowest BCUT2D eigenvalue weighted by Crippen LogP contribution is -2.33. The van der Waals surface area contributed by atoms with Gasteiger partial charge >= 0.3 is 0 Å². The van der Waals surface area contributed by atoms with Crippen molar-refractivity contribution in [2.75, 3.05) is 19.6 Å². The summed E-state index contributed by atoms with van der Waals surface area (Å²) in [6.45, 7) is 8.09. The Morgan fingerprint density at radius 2 is 1.84 bits per heavy atom. The third-order valence-electron chi connectivity index (χ3n) is 5.86. The third-order valence-corrected chi connectivity index (χ3v) is 5.86. The fourth-order valence-electron chi connectivity index (χ4n) is 4.24. The zero-order valence-electron chi connectivity index (χ0n) is 18.2. The quantitative estimate of drug-likeness (QED) is 0.567. The van der Waals surface area contributed by atoms with Gasteiger partial charge in [-0.3, -0.25) is 9.69 Å². The summed E-state index contributed by atoms with van der Waals surface area (Å²) in [6.07, 6.45) is 2.05. The number of amides is 1. The van der Waals surface area contributed by atoms with Crippen LogP contribution in [0.25, 0.3) is 5.69 Å². The van der Waals surface area contributed by atoms with Gasteiger partial charge in [0.25, 0.3) is 5.91 Å². The molecule has 0 saturated carbocycles.